The fourth-order valence-corrected chi connectivity index (χ4v) is 1.67. The van der Waals surface area contributed by atoms with E-state index in [9.17, 15) is 10.2 Å². The molecule has 3 atom stereocenters. The maximum atomic E-state index is 9.50. The summed E-state index contributed by atoms with van der Waals surface area (Å²) in [4.78, 5) is 0. The first kappa shape index (κ1) is 15.8. The van der Waals surface area contributed by atoms with Crippen molar-refractivity contribution in [3.05, 3.63) is 0 Å². The summed E-state index contributed by atoms with van der Waals surface area (Å²) in [5.74, 6) is 0. The van der Waals surface area contributed by atoms with Gasteiger partial charge in [-0.2, -0.15) is 0 Å². The second-order valence-corrected chi connectivity index (χ2v) is 4.36. The Kier molecular flexibility index (Phi) is 9.92. The van der Waals surface area contributed by atoms with Crippen molar-refractivity contribution in [2.75, 3.05) is 6.61 Å². The Morgan fingerprint density at radius 1 is 0.812 bits per heavy atom. The van der Waals surface area contributed by atoms with E-state index >= 15 is 0 Å². The molecule has 16 heavy (non-hydrogen) atoms. The Bertz CT molecular complexity index is 152. The second kappa shape index (κ2) is 10.0. The fourth-order valence-electron chi connectivity index (χ4n) is 1.67. The van der Waals surface area contributed by atoms with Crippen molar-refractivity contribution in [3.63, 3.8) is 0 Å². The quantitative estimate of drug-likeness (QED) is 0.422. The van der Waals surface area contributed by atoms with E-state index in [1.807, 2.05) is 0 Å². The first-order valence-electron chi connectivity index (χ1n) is 6.28. The van der Waals surface area contributed by atoms with Gasteiger partial charge in [0.25, 0.3) is 0 Å². The van der Waals surface area contributed by atoms with Gasteiger partial charge in [0, 0.05) is 0 Å². The summed E-state index contributed by atoms with van der Waals surface area (Å²) in [6, 6.07) is 0. The van der Waals surface area contributed by atoms with Gasteiger partial charge in [0.05, 0.1) is 12.7 Å². The maximum Gasteiger partial charge on any atom is 0.108 e. The molecule has 0 spiro atoms. The zero-order chi connectivity index (χ0) is 12.4. The summed E-state index contributed by atoms with van der Waals surface area (Å²) in [6.45, 7) is 1.64. The molecule has 0 aliphatic rings. The zero-order valence-electron chi connectivity index (χ0n) is 10.2. The molecule has 0 aliphatic carbocycles. The van der Waals surface area contributed by atoms with Crippen LogP contribution in [0, 0.1) is 0 Å². The molecule has 0 saturated heterocycles. The standard InChI is InChI=1S/C12H26O4/c1-2-3-4-5-6-7-8-10(14)12(16)11(15)9-13/h10-16H,2-9H2,1H3. The van der Waals surface area contributed by atoms with Gasteiger partial charge in [-0.15, -0.1) is 0 Å². The molecule has 0 radical (unpaired) electrons. The maximum absolute atomic E-state index is 9.50. The van der Waals surface area contributed by atoms with Crippen LogP contribution in [0.4, 0.5) is 0 Å². The average molecular weight is 234 g/mol. The van der Waals surface area contributed by atoms with Crippen LogP contribution in [0.2, 0.25) is 0 Å². The summed E-state index contributed by atoms with van der Waals surface area (Å²) in [7, 11) is 0. The largest absolute Gasteiger partial charge is 0.394 e. The van der Waals surface area contributed by atoms with E-state index < -0.39 is 24.9 Å². The van der Waals surface area contributed by atoms with E-state index in [0.29, 0.717) is 6.42 Å². The van der Waals surface area contributed by atoms with Gasteiger partial charge in [-0.25, -0.2) is 0 Å². The summed E-state index contributed by atoms with van der Waals surface area (Å²) < 4.78 is 0. The predicted molar refractivity (Wildman–Crippen MR) is 63.1 cm³/mol. The number of hydrogen-bond donors (Lipinski definition) is 4. The van der Waals surface area contributed by atoms with Gasteiger partial charge in [0.15, 0.2) is 0 Å². The summed E-state index contributed by atoms with van der Waals surface area (Å²) in [6.07, 6.45) is 3.78. The number of unbranched alkanes of at least 4 members (excludes halogenated alkanes) is 5. The lowest BCUT2D eigenvalue weighted by Gasteiger charge is -2.21. The van der Waals surface area contributed by atoms with E-state index in [4.69, 9.17) is 10.2 Å². The van der Waals surface area contributed by atoms with Crippen molar-refractivity contribution in [2.45, 2.75) is 70.2 Å². The highest BCUT2D eigenvalue weighted by Gasteiger charge is 2.23. The van der Waals surface area contributed by atoms with Gasteiger partial charge < -0.3 is 20.4 Å². The van der Waals surface area contributed by atoms with Crippen molar-refractivity contribution < 1.29 is 20.4 Å². The van der Waals surface area contributed by atoms with Crippen LogP contribution in [0.5, 0.6) is 0 Å². The van der Waals surface area contributed by atoms with Crippen LogP contribution in [0.25, 0.3) is 0 Å². The second-order valence-electron chi connectivity index (χ2n) is 4.36. The molecule has 0 aromatic rings. The van der Waals surface area contributed by atoms with Gasteiger partial charge in [-0.05, 0) is 6.42 Å². The molecule has 0 aromatic heterocycles. The smallest absolute Gasteiger partial charge is 0.108 e. The van der Waals surface area contributed by atoms with Gasteiger partial charge in [-0.3, -0.25) is 0 Å². The third-order valence-electron chi connectivity index (χ3n) is 2.83. The first-order chi connectivity index (χ1) is 7.63. The first-order valence-corrected chi connectivity index (χ1v) is 6.28. The third kappa shape index (κ3) is 7.17. The highest BCUT2D eigenvalue weighted by atomic mass is 16.4. The zero-order valence-corrected chi connectivity index (χ0v) is 10.2. The average Bonchev–Trinajstić information content (AvgIpc) is 2.31. The lowest BCUT2D eigenvalue weighted by atomic mass is 10.0. The Morgan fingerprint density at radius 3 is 1.94 bits per heavy atom. The molecule has 0 bridgehead atoms. The molecule has 4 N–H and O–H groups in total. The summed E-state index contributed by atoms with van der Waals surface area (Å²) in [5, 5.41) is 36.6. The van der Waals surface area contributed by atoms with E-state index in [1.165, 1.54) is 19.3 Å². The molecule has 4 nitrogen and oxygen atoms in total. The Balaban J connectivity index is 3.45. The molecule has 0 heterocycles. The molecule has 0 saturated carbocycles. The van der Waals surface area contributed by atoms with Crippen LogP contribution in [-0.2, 0) is 0 Å². The number of aliphatic hydroxyl groups is 4. The van der Waals surface area contributed by atoms with Crippen molar-refractivity contribution >= 4 is 0 Å². The van der Waals surface area contributed by atoms with Crippen LogP contribution in [-0.4, -0.2) is 45.3 Å². The van der Waals surface area contributed by atoms with Gasteiger partial charge >= 0.3 is 0 Å². The minimum atomic E-state index is -1.24. The van der Waals surface area contributed by atoms with E-state index in [2.05, 4.69) is 6.92 Å². The predicted octanol–water partition coefficient (Wildman–Crippen LogP) is 0.812. The Morgan fingerprint density at radius 2 is 1.38 bits per heavy atom. The van der Waals surface area contributed by atoms with Crippen molar-refractivity contribution in [2.24, 2.45) is 0 Å². The van der Waals surface area contributed by atoms with Crippen LogP contribution in [0.1, 0.15) is 51.9 Å². The van der Waals surface area contributed by atoms with Crippen LogP contribution < -0.4 is 0 Å². The molecule has 0 aliphatic heterocycles. The van der Waals surface area contributed by atoms with Gasteiger partial charge in [0.1, 0.15) is 12.2 Å². The van der Waals surface area contributed by atoms with Gasteiger partial charge in [0.2, 0.25) is 0 Å². The molecule has 0 fully saturated rings. The van der Waals surface area contributed by atoms with Gasteiger partial charge in [-0.1, -0.05) is 45.4 Å². The summed E-state index contributed by atoms with van der Waals surface area (Å²) in [5.41, 5.74) is 0. The van der Waals surface area contributed by atoms with Crippen LogP contribution in [0.3, 0.4) is 0 Å². The van der Waals surface area contributed by atoms with E-state index in [1.54, 1.807) is 0 Å². The number of aliphatic hydroxyl groups excluding tert-OH is 4. The number of rotatable bonds is 10. The van der Waals surface area contributed by atoms with Crippen molar-refractivity contribution in [3.8, 4) is 0 Å². The van der Waals surface area contributed by atoms with Crippen molar-refractivity contribution in [1.29, 1.82) is 0 Å². The topological polar surface area (TPSA) is 80.9 Å². The molecular formula is C12H26O4. The highest BCUT2D eigenvalue weighted by molar-refractivity contribution is 4.74. The molecule has 4 heteroatoms. The fraction of sp³-hybridized carbons (Fsp3) is 1.00. The summed E-state index contributed by atoms with van der Waals surface area (Å²) >= 11 is 0. The van der Waals surface area contributed by atoms with E-state index in [0.717, 1.165) is 19.3 Å². The van der Waals surface area contributed by atoms with E-state index in [-0.39, 0.29) is 0 Å². The lowest BCUT2D eigenvalue weighted by molar-refractivity contribution is -0.0787. The Labute approximate surface area is 97.9 Å². The van der Waals surface area contributed by atoms with Crippen LogP contribution in [0.15, 0.2) is 0 Å². The molecule has 3 unspecified atom stereocenters. The lowest BCUT2D eigenvalue weighted by Crippen LogP contribution is -2.39. The third-order valence-corrected chi connectivity index (χ3v) is 2.83. The SMILES string of the molecule is CCCCCCCCC(O)C(O)C(O)CO. The molecule has 0 amide bonds. The highest BCUT2D eigenvalue weighted by Crippen LogP contribution is 2.11. The van der Waals surface area contributed by atoms with Crippen molar-refractivity contribution in [1.82, 2.24) is 0 Å². The Hall–Kier alpha value is -0.160. The minimum Gasteiger partial charge on any atom is -0.394 e. The van der Waals surface area contributed by atoms with Crippen LogP contribution >= 0.6 is 0 Å². The molecule has 0 rings (SSSR count). The minimum absolute atomic E-state index is 0.477. The molecular weight excluding hydrogens is 208 g/mol. The normalized spacial score (nSPS) is 17.1. The molecule has 0 aromatic carbocycles. The molecule has 98 valence electrons. The number of hydrogen-bond acceptors (Lipinski definition) is 4. The monoisotopic (exact) mass is 234 g/mol.